The molecule has 3 aliphatic heterocycles. The van der Waals surface area contributed by atoms with E-state index in [0.717, 1.165) is 118 Å². The monoisotopic (exact) mass is 920 g/mol. The number of amides is 7. The third-order valence-corrected chi connectivity index (χ3v) is 13.5. The molecule has 1 saturated carbocycles. The largest absolute Gasteiger partial charge is 0.369 e. The van der Waals surface area contributed by atoms with Crippen molar-refractivity contribution in [1.29, 1.82) is 5.26 Å². The number of fused-ring (bicyclic) bond motifs is 1. The predicted molar refractivity (Wildman–Crippen MR) is 259 cm³/mol. The van der Waals surface area contributed by atoms with Crippen LogP contribution in [-0.2, 0) is 20.9 Å². The van der Waals surface area contributed by atoms with Crippen molar-refractivity contribution in [3.63, 3.8) is 0 Å². The zero-order valence-electron chi connectivity index (χ0n) is 38.5. The molecule has 0 radical (unpaired) electrons. The van der Waals surface area contributed by atoms with Crippen LogP contribution in [0.4, 0.5) is 27.7 Å². The van der Waals surface area contributed by atoms with Gasteiger partial charge in [0.2, 0.25) is 17.7 Å². The minimum Gasteiger partial charge on any atom is -0.369 e. The highest BCUT2D eigenvalue weighted by atomic mass is 16.2. The summed E-state index contributed by atoms with van der Waals surface area (Å²) in [5.41, 5.74) is 4.09. The lowest BCUT2D eigenvalue weighted by Gasteiger charge is -2.38. The maximum absolute atomic E-state index is 13.9. The molecule has 1 aliphatic carbocycles. The third kappa shape index (κ3) is 11.7. The molecule has 0 bridgehead atoms. The van der Waals surface area contributed by atoms with Crippen LogP contribution in [-0.4, -0.2) is 101 Å². The van der Waals surface area contributed by atoms with Crippen molar-refractivity contribution in [2.75, 3.05) is 53.2 Å². The maximum atomic E-state index is 13.9. The Morgan fingerprint density at radius 2 is 1.51 bits per heavy atom. The molecule has 16 heteroatoms. The summed E-state index contributed by atoms with van der Waals surface area (Å²) in [4.78, 5) is 89.5. The van der Waals surface area contributed by atoms with Crippen molar-refractivity contribution >= 4 is 58.4 Å². The molecule has 3 fully saturated rings. The van der Waals surface area contributed by atoms with E-state index in [0.29, 0.717) is 18.5 Å². The summed E-state index contributed by atoms with van der Waals surface area (Å²) < 4.78 is 0. The number of piperidine rings is 1. The molecular formula is C52H60N10O6. The molecule has 1 unspecified atom stereocenters. The highest BCUT2D eigenvalue weighted by Crippen LogP contribution is 2.34. The van der Waals surface area contributed by atoms with E-state index in [1.54, 1.807) is 24.4 Å². The van der Waals surface area contributed by atoms with Crippen molar-refractivity contribution in [1.82, 2.24) is 25.4 Å². The first-order valence-electron chi connectivity index (χ1n) is 24.1. The Kier molecular flexibility index (Phi) is 15.7. The van der Waals surface area contributed by atoms with Gasteiger partial charge in [0.15, 0.2) is 0 Å². The zero-order chi connectivity index (χ0) is 47.4. The van der Waals surface area contributed by atoms with E-state index in [4.69, 9.17) is 5.26 Å². The Hall–Kier alpha value is -7.12. The highest BCUT2D eigenvalue weighted by Gasteiger charge is 2.45. The SMILES string of the molecule is N#Cc1ccc(NC2CCC(N(C(=O)NCc3ccccc3)c3ccc(N4CCN(CCCCCCCCC(=O)Nc5cccc6c5C(=O)N(C5CCC(=O)NC5=O)C6=O)CC4)cc3)CC2)nc1. The average Bonchev–Trinajstić information content (AvgIpc) is 3.62. The molecule has 354 valence electrons. The van der Waals surface area contributed by atoms with Gasteiger partial charge in [0.05, 0.1) is 22.4 Å². The number of unbranched alkanes of at least 4 members (excludes halogenated alkanes) is 5. The summed E-state index contributed by atoms with van der Waals surface area (Å²) in [6, 6.07) is 28.0. The normalized spacial score (nSPS) is 19.5. The van der Waals surface area contributed by atoms with Gasteiger partial charge in [-0.1, -0.05) is 62.1 Å². The second-order valence-electron chi connectivity index (χ2n) is 18.1. The van der Waals surface area contributed by atoms with Gasteiger partial charge >= 0.3 is 6.03 Å². The van der Waals surface area contributed by atoms with Gasteiger partial charge in [0.25, 0.3) is 11.8 Å². The fraction of sp³-hybridized carbons (Fsp3) is 0.423. The van der Waals surface area contributed by atoms with E-state index in [1.807, 2.05) is 41.3 Å². The number of pyridine rings is 1. The van der Waals surface area contributed by atoms with Gasteiger partial charge < -0.3 is 20.9 Å². The lowest BCUT2D eigenvalue weighted by molar-refractivity contribution is -0.136. The van der Waals surface area contributed by atoms with E-state index in [2.05, 4.69) is 66.4 Å². The summed E-state index contributed by atoms with van der Waals surface area (Å²) in [5.74, 6) is -1.84. The molecule has 68 heavy (non-hydrogen) atoms. The average molecular weight is 921 g/mol. The third-order valence-electron chi connectivity index (χ3n) is 13.5. The molecule has 8 rings (SSSR count). The number of hydrogen-bond donors (Lipinski definition) is 4. The minimum absolute atomic E-state index is 0.0364. The number of piperazine rings is 1. The Morgan fingerprint density at radius 3 is 2.22 bits per heavy atom. The quantitative estimate of drug-likeness (QED) is 0.0593. The first-order valence-corrected chi connectivity index (χ1v) is 24.1. The van der Waals surface area contributed by atoms with Gasteiger partial charge in [0.1, 0.15) is 17.9 Å². The van der Waals surface area contributed by atoms with Crippen molar-refractivity contribution in [2.45, 2.75) is 108 Å². The number of nitrogens with one attached hydrogen (secondary N) is 4. The molecule has 4 heterocycles. The number of hydrogen-bond acceptors (Lipinski definition) is 11. The van der Waals surface area contributed by atoms with Gasteiger partial charge in [-0.2, -0.15) is 5.26 Å². The molecule has 16 nitrogen and oxygen atoms in total. The topological polar surface area (TPSA) is 200 Å². The Bertz CT molecular complexity index is 2480. The number of carbonyl (C=O) groups excluding carboxylic acids is 6. The standard InChI is InChI=1S/C52H60N10O6/c53-33-37-16-26-45(54-35-37)56-38-17-19-40(20-18-38)61(52(68)55-34-36-11-6-5-7-12-36)41-23-21-39(22-24-41)60-31-29-59(30-32-60)28-9-4-2-1-3-8-15-46(63)57-43-14-10-13-42-48(43)51(67)62(50(42)66)44-25-27-47(64)58-49(44)65/h5-7,10-14,16,21-24,26,35,38,40,44H,1-4,8-9,15,17-20,25,27-32,34H2,(H,54,56)(H,55,68)(H,57,63)(H,58,64,65). The second kappa shape index (κ2) is 22.6. The molecule has 0 spiro atoms. The van der Waals surface area contributed by atoms with Crippen molar-refractivity contribution in [3.05, 3.63) is 113 Å². The Labute approximate surface area is 397 Å². The van der Waals surface area contributed by atoms with Crippen molar-refractivity contribution in [2.24, 2.45) is 0 Å². The molecule has 4 aliphatic rings. The Morgan fingerprint density at radius 1 is 0.779 bits per heavy atom. The van der Waals surface area contributed by atoms with Gasteiger partial charge in [-0.3, -0.25) is 44.0 Å². The van der Waals surface area contributed by atoms with Crippen molar-refractivity contribution < 1.29 is 28.8 Å². The molecular weight excluding hydrogens is 861 g/mol. The fourth-order valence-corrected chi connectivity index (χ4v) is 9.80. The van der Waals surface area contributed by atoms with Crippen LogP contribution in [0.1, 0.15) is 115 Å². The van der Waals surface area contributed by atoms with Crippen LogP contribution in [0, 0.1) is 11.3 Å². The number of urea groups is 1. The van der Waals surface area contributed by atoms with Crippen LogP contribution in [0.3, 0.4) is 0 Å². The van der Waals surface area contributed by atoms with E-state index >= 15 is 0 Å². The number of benzene rings is 3. The Balaban J connectivity index is 0.735. The van der Waals surface area contributed by atoms with Crippen LogP contribution >= 0.6 is 0 Å². The zero-order valence-corrected chi connectivity index (χ0v) is 38.5. The highest BCUT2D eigenvalue weighted by molar-refractivity contribution is 6.26. The number of imide groups is 2. The molecule has 1 aromatic heterocycles. The molecule has 1 atom stereocenters. The minimum atomic E-state index is -1.07. The molecule has 4 N–H and O–H groups in total. The smallest absolute Gasteiger partial charge is 0.322 e. The van der Waals surface area contributed by atoms with Gasteiger partial charge in [0, 0.05) is 75.2 Å². The number of carbonyl (C=O) groups is 6. The van der Waals surface area contributed by atoms with Crippen LogP contribution in [0.2, 0.25) is 0 Å². The summed E-state index contributed by atoms with van der Waals surface area (Å²) in [7, 11) is 0. The number of nitriles is 1. The first kappa shape index (κ1) is 47.4. The van der Waals surface area contributed by atoms with E-state index in [9.17, 15) is 28.8 Å². The van der Waals surface area contributed by atoms with Gasteiger partial charge in [-0.25, -0.2) is 9.78 Å². The molecule has 2 saturated heterocycles. The maximum Gasteiger partial charge on any atom is 0.322 e. The molecule has 3 aromatic carbocycles. The van der Waals surface area contributed by atoms with Crippen LogP contribution in [0.25, 0.3) is 0 Å². The van der Waals surface area contributed by atoms with E-state index < -0.39 is 29.7 Å². The number of aromatic nitrogens is 1. The predicted octanol–water partition coefficient (Wildman–Crippen LogP) is 6.99. The van der Waals surface area contributed by atoms with Crippen LogP contribution < -0.4 is 31.1 Å². The summed E-state index contributed by atoms with van der Waals surface area (Å²) in [6.45, 7) is 5.34. The van der Waals surface area contributed by atoms with Crippen molar-refractivity contribution in [3.8, 4) is 6.07 Å². The number of rotatable bonds is 18. The van der Waals surface area contributed by atoms with E-state index in [1.165, 1.54) is 6.07 Å². The summed E-state index contributed by atoms with van der Waals surface area (Å²) in [6.07, 6.45) is 11.4. The summed E-state index contributed by atoms with van der Waals surface area (Å²) in [5, 5.41) is 20.8. The van der Waals surface area contributed by atoms with Gasteiger partial charge in [-0.15, -0.1) is 0 Å². The lowest BCUT2D eigenvalue weighted by atomic mass is 9.90. The number of anilines is 4. The fourth-order valence-electron chi connectivity index (χ4n) is 9.80. The first-order chi connectivity index (χ1) is 33.1. The molecule has 7 amide bonds. The molecule has 4 aromatic rings. The van der Waals surface area contributed by atoms with Crippen LogP contribution in [0.15, 0.2) is 91.1 Å². The van der Waals surface area contributed by atoms with Gasteiger partial charge in [-0.05, 0) is 106 Å². The lowest BCUT2D eigenvalue weighted by Crippen LogP contribution is -2.54. The summed E-state index contributed by atoms with van der Waals surface area (Å²) >= 11 is 0. The number of nitrogens with zero attached hydrogens (tertiary/aromatic N) is 6. The van der Waals surface area contributed by atoms with Crippen LogP contribution in [0.5, 0.6) is 0 Å². The second-order valence-corrected chi connectivity index (χ2v) is 18.1. The van der Waals surface area contributed by atoms with E-state index in [-0.39, 0.29) is 60.1 Å².